The molecule has 4 rings (SSSR count). The van der Waals surface area contributed by atoms with Crippen molar-refractivity contribution in [3.8, 4) is 0 Å². The van der Waals surface area contributed by atoms with Crippen LogP contribution in [-0.4, -0.2) is 38.6 Å². The fraction of sp³-hybridized carbons (Fsp3) is 0.933. The molecule has 0 heterocycles. The molecule has 4 aliphatic carbocycles. The average molecular weight is 282 g/mol. The highest BCUT2D eigenvalue weighted by Gasteiger charge is 2.51. The van der Waals surface area contributed by atoms with Gasteiger partial charge < -0.3 is 20.1 Å². The van der Waals surface area contributed by atoms with Gasteiger partial charge in [0.25, 0.3) is 0 Å². The lowest BCUT2D eigenvalue weighted by atomic mass is 9.53. The third-order valence-electron chi connectivity index (χ3n) is 5.18. The standard InChI is InChI=1S/C15H26N2O3/c1-19-2-3-20-10-16-14(18)17-15-7-11-4-12(8-15)6-13(5-11)9-15/h11-13H,2-10H2,1H3,(H2,16,17,18). The van der Waals surface area contributed by atoms with Crippen LogP contribution in [0.25, 0.3) is 0 Å². The van der Waals surface area contributed by atoms with E-state index in [2.05, 4.69) is 10.6 Å². The molecule has 0 spiro atoms. The number of hydrogen-bond donors (Lipinski definition) is 2. The van der Waals surface area contributed by atoms with Gasteiger partial charge in [0, 0.05) is 12.6 Å². The Kier molecular flexibility index (Phi) is 4.17. The molecular formula is C15H26N2O3. The van der Waals surface area contributed by atoms with Gasteiger partial charge in [-0.1, -0.05) is 0 Å². The largest absolute Gasteiger partial charge is 0.382 e. The van der Waals surface area contributed by atoms with Crippen molar-refractivity contribution >= 4 is 6.03 Å². The predicted octanol–water partition coefficient (Wildman–Crippen LogP) is 1.87. The number of carbonyl (C=O) groups is 1. The summed E-state index contributed by atoms with van der Waals surface area (Å²) < 4.78 is 10.2. The van der Waals surface area contributed by atoms with E-state index >= 15 is 0 Å². The van der Waals surface area contributed by atoms with Crippen LogP contribution in [0.2, 0.25) is 0 Å². The van der Waals surface area contributed by atoms with Crippen LogP contribution in [0, 0.1) is 17.8 Å². The first-order valence-corrected chi connectivity index (χ1v) is 7.82. The van der Waals surface area contributed by atoms with Crippen molar-refractivity contribution in [2.24, 2.45) is 17.8 Å². The topological polar surface area (TPSA) is 59.6 Å². The summed E-state index contributed by atoms with van der Waals surface area (Å²) in [6.07, 6.45) is 7.71. The minimum Gasteiger partial charge on any atom is -0.382 e. The molecule has 0 aromatic heterocycles. The fourth-order valence-electron chi connectivity index (χ4n) is 4.88. The molecule has 20 heavy (non-hydrogen) atoms. The lowest BCUT2D eigenvalue weighted by Gasteiger charge is -2.56. The van der Waals surface area contributed by atoms with Gasteiger partial charge in [-0.15, -0.1) is 0 Å². The van der Waals surface area contributed by atoms with Crippen LogP contribution in [0.4, 0.5) is 4.79 Å². The van der Waals surface area contributed by atoms with Gasteiger partial charge in [-0.25, -0.2) is 4.79 Å². The summed E-state index contributed by atoms with van der Waals surface area (Å²) >= 11 is 0. The van der Waals surface area contributed by atoms with E-state index in [1.165, 1.54) is 38.5 Å². The molecule has 5 heteroatoms. The van der Waals surface area contributed by atoms with Crippen LogP contribution in [0.3, 0.4) is 0 Å². The van der Waals surface area contributed by atoms with Crippen molar-refractivity contribution in [3.63, 3.8) is 0 Å². The molecule has 4 fully saturated rings. The Labute approximate surface area is 120 Å². The number of hydrogen-bond acceptors (Lipinski definition) is 3. The summed E-state index contributed by atoms with van der Waals surface area (Å²) in [4.78, 5) is 12.0. The van der Waals surface area contributed by atoms with Gasteiger partial charge in [-0.05, 0) is 56.3 Å². The van der Waals surface area contributed by atoms with Gasteiger partial charge in [-0.2, -0.15) is 0 Å². The first-order chi connectivity index (χ1) is 9.69. The van der Waals surface area contributed by atoms with Crippen molar-refractivity contribution in [1.82, 2.24) is 10.6 Å². The highest BCUT2D eigenvalue weighted by atomic mass is 16.5. The molecule has 0 radical (unpaired) electrons. The van der Waals surface area contributed by atoms with E-state index in [9.17, 15) is 4.79 Å². The van der Waals surface area contributed by atoms with E-state index in [1.54, 1.807) is 7.11 Å². The molecule has 2 N–H and O–H groups in total. The molecule has 5 nitrogen and oxygen atoms in total. The molecule has 0 atom stereocenters. The van der Waals surface area contributed by atoms with Crippen molar-refractivity contribution in [3.05, 3.63) is 0 Å². The van der Waals surface area contributed by atoms with Crippen molar-refractivity contribution in [1.29, 1.82) is 0 Å². The van der Waals surface area contributed by atoms with Gasteiger partial charge in [0.15, 0.2) is 0 Å². The number of urea groups is 1. The number of ether oxygens (including phenoxy) is 2. The van der Waals surface area contributed by atoms with E-state index in [0.717, 1.165) is 17.8 Å². The van der Waals surface area contributed by atoms with Crippen molar-refractivity contribution in [2.45, 2.75) is 44.1 Å². The highest BCUT2D eigenvalue weighted by molar-refractivity contribution is 5.74. The smallest absolute Gasteiger partial charge is 0.317 e. The number of nitrogens with one attached hydrogen (secondary N) is 2. The Morgan fingerprint density at radius 2 is 1.70 bits per heavy atom. The first-order valence-electron chi connectivity index (χ1n) is 7.82. The Morgan fingerprint density at radius 3 is 2.25 bits per heavy atom. The fourth-order valence-corrected chi connectivity index (χ4v) is 4.88. The van der Waals surface area contributed by atoms with E-state index in [1.807, 2.05) is 0 Å². The third kappa shape index (κ3) is 3.09. The Hall–Kier alpha value is -0.810. The lowest BCUT2D eigenvalue weighted by Crippen LogP contribution is -2.61. The summed E-state index contributed by atoms with van der Waals surface area (Å²) in [5.41, 5.74) is 0.0748. The number of rotatable bonds is 6. The molecule has 4 saturated carbocycles. The summed E-state index contributed by atoms with van der Waals surface area (Å²) in [5, 5.41) is 6.04. The van der Waals surface area contributed by atoms with Gasteiger partial charge in [0.05, 0.1) is 13.2 Å². The molecule has 0 unspecified atom stereocenters. The maximum Gasteiger partial charge on any atom is 0.317 e. The minimum absolute atomic E-state index is 0.0748. The predicted molar refractivity (Wildman–Crippen MR) is 75.3 cm³/mol. The Morgan fingerprint density at radius 1 is 1.10 bits per heavy atom. The van der Waals surface area contributed by atoms with Gasteiger partial charge in [-0.3, -0.25) is 0 Å². The Balaban J connectivity index is 1.44. The first kappa shape index (κ1) is 14.1. The van der Waals surface area contributed by atoms with E-state index in [0.29, 0.717) is 13.2 Å². The van der Waals surface area contributed by atoms with Crippen LogP contribution in [0.1, 0.15) is 38.5 Å². The van der Waals surface area contributed by atoms with E-state index in [4.69, 9.17) is 9.47 Å². The molecule has 0 saturated heterocycles. The summed E-state index contributed by atoms with van der Waals surface area (Å²) in [5.74, 6) is 2.54. The van der Waals surface area contributed by atoms with E-state index < -0.39 is 0 Å². The van der Waals surface area contributed by atoms with Crippen LogP contribution >= 0.6 is 0 Å². The molecule has 4 aliphatic rings. The molecular weight excluding hydrogens is 256 g/mol. The molecule has 0 aliphatic heterocycles. The maximum atomic E-state index is 12.0. The second-order valence-electron chi connectivity index (χ2n) is 6.87. The zero-order valence-electron chi connectivity index (χ0n) is 12.3. The highest BCUT2D eigenvalue weighted by Crippen LogP contribution is 2.55. The SMILES string of the molecule is COCCOCNC(=O)NC12CC3CC(CC(C3)C1)C2. The summed E-state index contributed by atoms with van der Waals surface area (Å²) in [6, 6.07) is -0.0793. The number of methoxy groups -OCH3 is 1. The molecule has 114 valence electrons. The zero-order valence-corrected chi connectivity index (χ0v) is 12.3. The second kappa shape index (κ2) is 5.90. The van der Waals surface area contributed by atoms with Crippen LogP contribution in [0.5, 0.6) is 0 Å². The Bertz CT molecular complexity index is 324. The van der Waals surface area contributed by atoms with Gasteiger partial charge in [0.2, 0.25) is 0 Å². The summed E-state index contributed by atoms with van der Waals surface area (Å²) in [6.45, 7) is 1.31. The van der Waals surface area contributed by atoms with Gasteiger partial charge in [0.1, 0.15) is 6.73 Å². The number of carbonyl (C=O) groups excluding carboxylic acids is 1. The lowest BCUT2D eigenvalue weighted by molar-refractivity contribution is -0.0143. The monoisotopic (exact) mass is 282 g/mol. The zero-order chi connectivity index (χ0) is 14.0. The third-order valence-corrected chi connectivity index (χ3v) is 5.18. The van der Waals surface area contributed by atoms with Gasteiger partial charge >= 0.3 is 6.03 Å². The number of amides is 2. The van der Waals surface area contributed by atoms with Crippen LogP contribution in [0.15, 0.2) is 0 Å². The van der Waals surface area contributed by atoms with Crippen molar-refractivity contribution in [2.75, 3.05) is 27.1 Å². The molecule has 0 aromatic carbocycles. The van der Waals surface area contributed by atoms with Crippen LogP contribution in [-0.2, 0) is 9.47 Å². The van der Waals surface area contributed by atoms with Crippen LogP contribution < -0.4 is 10.6 Å². The quantitative estimate of drug-likeness (QED) is 0.577. The second-order valence-corrected chi connectivity index (χ2v) is 6.87. The maximum absolute atomic E-state index is 12.0. The minimum atomic E-state index is -0.0793. The average Bonchev–Trinajstić information content (AvgIpc) is 2.36. The molecule has 4 bridgehead atoms. The molecule has 2 amide bonds. The summed E-state index contributed by atoms with van der Waals surface area (Å²) in [7, 11) is 1.64. The van der Waals surface area contributed by atoms with Crippen molar-refractivity contribution < 1.29 is 14.3 Å². The molecule has 0 aromatic rings. The normalized spacial score (nSPS) is 38.0. The van der Waals surface area contributed by atoms with E-state index in [-0.39, 0.29) is 18.3 Å².